The number of fused-ring (bicyclic) bond motifs is 3. The van der Waals surface area contributed by atoms with Crippen LogP contribution in [0.1, 0.15) is 44.2 Å². The molecule has 1 heterocycles. The Morgan fingerprint density at radius 3 is 2.36 bits per heavy atom. The summed E-state index contributed by atoms with van der Waals surface area (Å²) in [6.45, 7) is 4.55. The fraction of sp³-hybridized carbons (Fsp3) is 0.600. The number of hydrogen-bond donors (Lipinski definition) is 3. The SMILES string of the molecule is CC1(C)C2CCC1(CS(=O)(=O)O)C(=O)C2.O=C(O)C1Cc2ccccc2CN1. The number of carbonyl (C=O) groups excluding carboxylic acids is 1. The molecule has 0 aromatic heterocycles. The van der Waals surface area contributed by atoms with Crippen molar-refractivity contribution in [3.05, 3.63) is 35.4 Å². The normalized spacial score (nSPS) is 30.3. The molecule has 154 valence electrons. The van der Waals surface area contributed by atoms with Gasteiger partial charge in [0.05, 0.1) is 11.2 Å². The lowest BCUT2D eigenvalue weighted by molar-refractivity contribution is -0.139. The van der Waals surface area contributed by atoms with Gasteiger partial charge in [-0.15, -0.1) is 0 Å². The number of hydrogen-bond acceptors (Lipinski definition) is 5. The monoisotopic (exact) mass is 409 g/mol. The Bertz CT molecular complexity index is 894. The van der Waals surface area contributed by atoms with Crippen LogP contribution in [0, 0.1) is 16.7 Å². The van der Waals surface area contributed by atoms with Gasteiger partial charge < -0.3 is 10.4 Å². The quantitative estimate of drug-likeness (QED) is 0.653. The number of aliphatic carboxylic acids is 1. The first kappa shape index (κ1) is 21.0. The summed E-state index contributed by atoms with van der Waals surface area (Å²) >= 11 is 0. The van der Waals surface area contributed by atoms with Crippen molar-refractivity contribution in [2.75, 3.05) is 5.75 Å². The van der Waals surface area contributed by atoms with Gasteiger partial charge in [-0.05, 0) is 41.7 Å². The van der Waals surface area contributed by atoms with Crippen LogP contribution in [0.4, 0.5) is 0 Å². The summed E-state index contributed by atoms with van der Waals surface area (Å²) in [5.41, 5.74) is 1.24. The number of Topliss-reactive ketones (excluding diaryl/α,β-unsaturated/α-hetero) is 1. The Labute approximate surface area is 165 Å². The molecule has 2 bridgehead atoms. The second kappa shape index (κ2) is 7.24. The Morgan fingerprint density at radius 2 is 1.86 bits per heavy atom. The van der Waals surface area contributed by atoms with E-state index in [1.165, 1.54) is 5.56 Å². The smallest absolute Gasteiger partial charge is 0.321 e. The van der Waals surface area contributed by atoms with Crippen LogP contribution in [0.2, 0.25) is 0 Å². The van der Waals surface area contributed by atoms with Crippen LogP contribution in [-0.2, 0) is 32.7 Å². The van der Waals surface area contributed by atoms with E-state index in [1.807, 2.05) is 38.1 Å². The fourth-order valence-electron chi connectivity index (χ4n) is 5.05. The van der Waals surface area contributed by atoms with Crippen molar-refractivity contribution in [3.63, 3.8) is 0 Å². The predicted molar refractivity (Wildman–Crippen MR) is 103 cm³/mol. The summed E-state index contributed by atoms with van der Waals surface area (Å²) in [4.78, 5) is 22.6. The van der Waals surface area contributed by atoms with E-state index >= 15 is 0 Å². The fourth-order valence-corrected chi connectivity index (χ4v) is 6.35. The van der Waals surface area contributed by atoms with Crippen LogP contribution in [0.25, 0.3) is 0 Å². The van der Waals surface area contributed by atoms with Gasteiger partial charge in [0.15, 0.2) is 0 Å². The molecule has 1 aromatic rings. The molecule has 7 nitrogen and oxygen atoms in total. The maximum absolute atomic E-state index is 11.9. The third-order valence-electron chi connectivity index (χ3n) is 6.95. The molecule has 0 radical (unpaired) electrons. The minimum atomic E-state index is -4.08. The van der Waals surface area contributed by atoms with Gasteiger partial charge >= 0.3 is 5.97 Å². The Kier molecular flexibility index (Phi) is 5.42. The molecule has 2 fully saturated rings. The highest BCUT2D eigenvalue weighted by Gasteiger charge is 2.65. The van der Waals surface area contributed by atoms with Crippen molar-refractivity contribution in [2.24, 2.45) is 16.7 Å². The van der Waals surface area contributed by atoms with Crippen molar-refractivity contribution >= 4 is 21.9 Å². The van der Waals surface area contributed by atoms with Gasteiger partial charge in [0.25, 0.3) is 10.1 Å². The van der Waals surface area contributed by atoms with E-state index in [9.17, 15) is 18.0 Å². The summed E-state index contributed by atoms with van der Waals surface area (Å²) in [6, 6.07) is 7.52. The molecule has 0 saturated heterocycles. The van der Waals surface area contributed by atoms with Crippen LogP contribution >= 0.6 is 0 Å². The summed E-state index contributed by atoms with van der Waals surface area (Å²) < 4.78 is 31.0. The Hall–Kier alpha value is -1.77. The van der Waals surface area contributed by atoms with E-state index in [0.29, 0.717) is 25.8 Å². The zero-order valence-electron chi connectivity index (χ0n) is 16.1. The summed E-state index contributed by atoms with van der Waals surface area (Å²) in [5.74, 6) is -0.870. The first-order chi connectivity index (χ1) is 13.0. The van der Waals surface area contributed by atoms with Gasteiger partial charge in [0.1, 0.15) is 11.8 Å². The summed E-state index contributed by atoms with van der Waals surface area (Å²) in [5, 5.41) is 11.8. The molecule has 3 aliphatic rings. The molecule has 3 unspecified atom stereocenters. The Balaban J connectivity index is 0.000000162. The van der Waals surface area contributed by atoms with E-state index in [0.717, 1.165) is 12.0 Å². The van der Waals surface area contributed by atoms with Gasteiger partial charge in [0.2, 0.25) is 0 Å². The molecule has 0 amide bonds. The molecule has 3 atom stereocenters. The molecule has 3 N–H and O–H groups in total. The van der Waals surface area contributed by atoms with E-state index in [-0.39, 0.29) is 17.1 Å². The molecule has 1 aromatic carbocycles. The number of nitrogens with one attached hydrogen (secondary N) is 1. The average molecular weight is 410 g/mol. The molecule has 2 aliphatic carbocycles. The molecular weight excluding hydrogens is 382 g/mol. The van der Waals surface area contributed by atoms with Crippen molar-refractivity contribution in [2.45, 2.75) is 52.1 Å². The zero-order chi connectivity index (χ0) is 20.7. The first-order valence-corrected chi connectivity index (χ1v) is 11.1. The lowest BCUT2D eigenvalue weighted by Gasteiger charge is -2.35. The minimum absolute atomic E-state index is 0.0152. The van der Waals surface area contributed by atoms with Gasteiger partial charge in [0, 0.05) is 13.0 Å². The molecule has 0 spiro atoms. The van der Waals surface area contributed by atoms with Gasteiger partial charge in [-0.3, -0.25) is 14.1 Å². The maximum Gasteiger partial charge on any atom is 0.321 e. The lowest BCUT2D eigenvalue weighted by Crippen LogP contribution is -2.42. The Morgan fingerprint density at radius 1 is 1.21 bits per heavy atom. The second-order valence-electron chi connectivity index (χ2n) is 8.64. The first-order valence-electron chi connectivity index (χ1n) is 9.48. The van der Waals surface area contributed by atoms with E-state index in [1.54, 1.807) is 0 Å². The van der Waals surface area contributed by atoms with Crippen molar-refractivity contribution in [1.29, 1.82) is 0 Å². The van der Waals surface area contributed by atoms with Crippen molar-refractivity contribution < 1.29 is 27.7 Å². The lowest BCUT2D eigenvalue weighted by atomic mass is 9.70. The molecular formula is C20H27NO6S. The minimum Gasteiger partial charge on any atom is -0.480 e. The number of benzene rings is 1. The van der Waals surface area contributed by atoms with Crippen LogP contribution in [0.15, 0.2) is 24.3 Å². The van der Waals surface area contributed by atoms with E-state index in [4.69, 9.17) is 9.66 Å². The molecule has 4 rings (SSSR count). The number of carboxylic acid groups (broad SMARTS) is 1. The topological polar surface area (TPSA) is 121 Å². The maximum atomic E-state index is 11.9. The van der Waals surface area contributed by atoms with E-state index < -0.39 is 33.3 Å². The van der Waals surface area contributed by atoms with Crippen LogP contribution in [0.3, 0.4) is 0 Å². The number of rotatable bonds is 3. The summed E-state index contributed by atoms with van der Waals surface area (Å²) in [6.07, 6.45) is 2.56. The standard InChI is InChI=1S/C10H11NO2.C10H16O4S/c12-10(13)9-5-7-3-1-2-4-8(7)6-11-9;1-9(2)7-3-4-10(9,8(11)5-7)6-15(12,13)14/h1-4,9,11H,5-6H2,(H,12,13);7H,3-6H2,1-2H3,(H,12,13,14). The third kappa shape index (κ3) is 3.73. The van der Waals surface area contributed by atoms with Gasteiger partial charge in [-0.1, -0.05) is 38.1 Å². The third-order valence-corrected chi connectivity index (χ3v) is 7.80. The second-order valence-corrected chi connectivity index (χ2v) is 10.1. The van der Waals surface area contributed by atoms with Gasteiger partial charge in [-0.2, -0.15) is 8.42 Å². The van der Waals surface area contributed by atoms with Crippen molar-refractivity contribution in [3.8, 4) is 0 Å². The van der Waals surface area contributed by atoms with Crippen LogP contribution < -0.4 is 5.32 Å². The highest BCUT2D eigenvalue weighted by molar-refractivity contribution is 7.85. The highest BCUT2D eigenvalue weighted by atomic mass is 32.2. The molecule has 28 heavy (non-hydrogen) atoms. The number of carboxylic acids is 1. The highest BCUT2D eigenvalue weighted by Crippen LogP contribution is 2.64. The largest absolute Gasteiger partial charge is 0.480 e. The molecule has 1 aliphatic heterocycles. The van der Waals surface area contributed by atoms with Gasteiger partial charge in [-0.25, -0.2) is 0 Å². The van der Waals surface area contributed by atoms with Crippen LogP contribution in [0.5, 0.6) is 0 Å². The van der Waals surface area contributed by atoms with Crippen molar-refractivity contribution in [1.82, 2.24) is 5.32 Å². The summed E-state index contributed by atoms with van der Waals surface area (Å²) in [7, 11) is -4.08. The van der Waals surface area contributed by atoms with E-state index in [2.05, 4.69) is 5.32 Å². The molecule has 2 saturated carbocycles. The molecule has 8 heteroatoms. The predicted octanol–water partition coefficient (Wildman–Crippen LogP) is 2.06. The number of ketones is 1. The average Bonchev–Trinajstić information content (AvgIpc) is 2.94. The zero-order valence-corrected chi connectivity index (χ0v) is 17.0. The van der Waals surface area contributed by atoms with Crippen LogP contribution in [-0.4, -0.2) is 41.6 Å². The number of carbonyl (C=O) groups is 2.